The summed E-state index contributed by atoms with van der Waals surface area (Å²) < 4.78 is 22.6. The molecule has 2 aromatic carbocycles. The van der Waals surface area contributed by atoms with Crippen LogP contribution in [-0.2, 0) is 19.6 Å². The van der Waals surface area contributed by atoms with Gasteiger partial charge in [0, 0.05) is 17.0 Å². The smallest absolute Gasteiger partial charge is 0.247 e. The highest BCUT2D eigenvalue weighted by Crippen LogP contribution is 2.34. The first-order valence-corrected chi connectivity index (χ1v) is 9.70. The first kappa shape index (κ1) is 17.5. The second-order valence-electron chi connectivity index (χ2n) is 5.49. The highest BCUT2D eigenvalue weighted by Gasteiger charge is 2.40. The number of sulfonamides is 1. The quantitative estimate of drug-likeness (QED) is 0.612. The van der Waals surface area contributed by atoms with E-state index in [2.05, 4.69) is 0 Å². The van der Waals surface area contributed by atoms with Crippen molar-refractivity contribution in [3.8, 4) is 0 Å². The van der Waals surface area contributed by atoms with Crippen molar-refractivity contribution in [1.29, 1.82) is 0 Å². The molecule has 1 fully saturated rings. The fourth-order valence-corrected chi connectivity index (χ4v) is 4.03. The van der Waals surface area contributed by atoms with Gasteiger partial charge in [-0.05, 0) is 48.5 Å². The van der Waals surface area contributed by atoms with Crippen LogP contribution in [0.5, 0.6) is 0 Å². The Bertz CT molecular complexity index is 925. The molecule has 0 aromatic heterocycles. The minimum Gasteiger partial charge on any atom is -0.399 e. The van der Waals surface area contributed by atoms with Gasteiger partial charge in [-0.25, -0.2) is 18.5 Å². The Kier molecular flexibility index (Phi) is 4.55. The SMILES string of the molecule is Nc1ccc(S[C@H]2CC(=O)N(c3ccc(S(N)(=O)=O)cc3)C2=O)cc1. The van der Waals surface area contributed by atoms with E-state index in [1.807, 2.05) is 0 Å². The molecule has 25 heavy (non-hydrogen) atoms. The number of primary sulfonamides is 1. The van der Waals surface area contributed by atoms with Gasteiger partial charge in [-0.3, -0.25) is 9.59 Å². The molecule has 1 heterocycles. The molecule has 0 radical (unpaired) electrons. The minimum absolute atomic E-state index is 0.0742. The van der Waals surface area contributed by atoms with E-state index in [-0.39, 0.29) is 23.1 Å². The summed E-state index contributed by atoms with van der Waals surface area (Å²) in [7, 11) is -3.83. The summed E-state index contributed by atoms with van der Waals surface area (Å²) in [6.07, 6.45) is 0.0742. The summed E-state index contributed by atoms with van der Waals surface area (Å²) in [5.41, 5.74) is 6.58. The summed E-state index contributed by atoms with van der Waals surface area (Å²) in [6, 6.07) is 12.4. The second kappa shape index (κ2) is 6.51. The highest BCUT2D eigenvalue weighted by atomic mass is 32.2. The molecule has 2 amide bonds. The van der Waals surface area contributed by atoms with Crippen LogP contribution in [0.4, 0.5) is 11.4 Å². The Labute approximate surface area is 149 Å². The maximum Gasteiger partial charge on any atom is 0.247 e. The van der Waals surface area contributed by atoms with Crippen molar-refractivity contribution in [1.82, 2.24) is 0 Å². The molecule has 1 atom stereocenters. The van der Waals surface area contributed by atoms with Gasteiger partial charge in [-0.2, -0.15) is 0 Å². The summed E-state index contributed by atoms with van der Waals surface area (Å²) in [5, 5.41) is 4.51. The molecule has 7 nitrogen and oxygen atoms in total. The van der Waals surface area contributed by atoms with E-state index in [1.165, 1.54) is 36.0 Å². The number of nitrogens with zero attached hydrogens (tertiary/aromatic N) is 1. The number of hydrogen-bond acceptors (Lipinski definition) is 6. The van der Waals surface area contributed by atoms with Crippen molar-refractivity contribution in [3.63, 3.8) is 0 Å². The van der Waals surface area contributed by atoms with Gasteiger partial charge in [-0.15, -0.1) is 11.8 Å². The lowest BCUT2D eigenvalue weighted by Gasteiger charge is -2.15. The predicted octanol–water partition coefficient (Wildman–Crippen LogP) is 1.34. The summed E-state index contributed by atoms with van der Waals surface area (Å²) in [6.45, 7) is 0. The molecule has 130 valence electrons. The Morgan fingerprint density at radius 1 is 1.00 bits per heavy atom. The number of benzene rings is 2. The third-order valence-corrected chi connectivity index (χ3v) is 5.81. The molecular formula is C16H15N3O4S2. The van der Waals surface area contributed by atoms with Crippen LogP contribution in [0.1, 0.15) is 6.42 Å². The molecule has 0 saturated carbocycles. The molecule has 2 aromatic rings. The first-order chi connectivity index (χ1) is 11.8. The van der Waals surface area contributed by atoms with E-state index in [9.17, 15) is 18.0 Å². The van der Waals surface area contributed by atoms with Gasteiger partial charge in [0.25, 0.3) is 0 Å². The van der Waals surface area contributed by atoms with E-state index >= 15 is 0 Å². The fourth-order valence-electron chi connectivity index (χ4n) is 2.46. The average Bonchev–Trinajstić information content (AvgIpc) is 2.83. The number of nitrogens with two attached hydrogens (primary N) is 2. The molecule has 1 aliphatic rings. The Morgan fingerprint density at radius 2 is 1.60 bits per heavy atom. The number of hydrogen-bond donors (Lipinski definition) is 2. The van der Waals surface area contributed by atoms with Crippen LogP contribution in [0.15, 0.2) is 58.3 Å². The van der Waals surface area contributed by atoms with Gasteiger partial charge in [-0.1, -0.05) is 0 Å². The average molecular weight is 377 g/mol. The monoisotopic (exact) mass is 377 g/mol. The highest BCUT2D eigenvalue weighted by molar-refractivity contribution is 8.00. The molecule has 1 aliphatic heterocycles. The molecule has 3 rings (SSSR count). The molecular weight excluding hydrogens is 362 g/mol. The number of anilines is 2. The Balaban J connectivity index is 1.80. The van der Waals surface area contributed by atoms with Gasteiger partial charge < -0.3 is 5.73 Å². The van der Waals surface area contributed by atoms with Crippen molar-refractivity contribution in [2.24, 2.45) is 5.14 Å². The molecule has 9 heteroatoms. The topological polar surface area (TPSA) is 124 Å². The number of amides is 2. The van der Waals surface area contributed by atoms with Crippen molar-refractivity contribution in [2.75, 3.05) is 10.6 Å². The van der Waals surface area contributed by atoms with E-state index in [0.717, 1.165) is 9.80 Å². The zero-order valence-corrected chi connectivity index (χ0v) is 14.6. The second-order valence-corrected chi connectivity index (χ2v) is 8.32. The fraction of sp³-hybridized carbons (Fsp3) is 0.125. The van der Waals surface area contributed by atoms with Crippen LogP contribution in [0, 0.1) is 0 Å². The largest absolute Gasteiger partial charge is 0.399 e. The third-order valence-electron chi connectivity index (χ3n) is 3.69. The zero-order chi connectivity index (χ0) is 18.2. The number of rotatable bonds is 4. The van der Waals surface area contributed by atoms with E-state index in [4.69, 9.17) is 10.9 Å². The molecule has 0 unspecified atom stereocenters. The molecule has 0 aliphatic carbocycles. The maximum absolute atomic E-state index is 12.6. The predicted molar refractivity (Wildman–Crippen MR) is 95.4 cm³/mol. The normalized spacial score (nSPS) is 18.0. The first-order valence-electron chi connectivity index (χ1n) is 7.27. The number of carbonyl (C=O) groups excluding carboxylic acids is 2. The summed E-state index contributed by atoms with van der Waals surface area (Å²) >= 11 is 1.29. The van der Waals surface area contributed by atoms with E-state index < -0.39 is 15.3 Å². The van der Waals surface area contributed by atoms with Crippen LogP contribution < -0.4 is 15.8 Å². The maximum atomic E-state index is 12.6. The van der Waals surface area contributed by atoms with Crippen molar-refractivity contribution < 1.29 is 18.0 Å². The molecule has 1 saturated heterocycles. The van der Waals surface area contributed by atoms with Gasteiger partial charge in [0.2, 0.25) is 21.8 Å². The number of carbonyl (C=O) groups is 2. The van der Waals surface area contributed by atoms with Gasteiger partial charge >= 0.3 is 0 Å². The molecule has 4 N–H and O–H groups in total. The van der Waals surface area contributed by atoms with Crippen molar-refractivity contribution in [3.05, 3.63) is 48.5 Å². The van der Waals surface area contributed by atoms with Gasteiger partial charge in [0.15, 0.2) is 0 Å². The Hall–Kier alpha value is -2.36. The lowest BCUT2D eigenvalue weighted by atomic mass is 10.3. The Morgan fingerprint density at radius 3 is 2.16 bits per heavy atom. The van der Waals surface area contributed by atoms with Crippen molar-refractivity contribution in [2.45, 2.75) is 21.5 Å². The van der Waals surface area contributed by atoms with E-state index in [0.29, 0.717) is 11.4 Å². The zero-order valence-electron chi connectivity index (χ0n) is 13.0. The van der Waals surface area contributed by atoms with Gasteiger partial charge in [0.05, 0.1) is 15.8 Å². The lowest BCUT2D eigenvalue weighted by Crippen LogP contribution is -2.31. The summed E-state index contributed by atoms with van der Waals surface area (Å²) in [5.74, 6) is -0.670. The van der Waals surface area contributed by atoms with Crippen molar-refractivity contribution >= 4 is 45.0 Å². The molecule has 0 spiro atoms. The van der Waals surface area contributed by atoms with Crippen LogP contribution in [0.25, 0.3) is 0 Å². The van der Waals surface area contributed by atoms with Crippen LogP contribution in [-0.4, -0.2) is 25.5 Å². The third kappa shape index (κ3) is 3.68. The number of thioether (sulfide) groups is 1. The standard InChI is InChI=1S/C16H15N3O4S2/c17-10-1-5-12(6-2-10)24-14-9-15(20)19(16(14)21)11-3-7-13(8-4-11)25(18,22)23/h1-8,14H,9,17H2,(H2,18,22,23)/t14-/m0/s1. The van der Waals surface area contributed by atoms with Crippen LogP contribution in [0.3, 0.4) is 0 Å². The van der Waals surface area contributed by atoms with Gasteiger partial charge in [0.1, 0.15) is 0 Å². The lowest BCUT2D eigenvalue weighted by molar-refractivity contribution is -0.121. The minimum atomic E-state index is -3.83. The van der Waals surface area contributed by atoms with Crippen LogP contribution >= 0.6 is 11.8 Å². The summed E-state index contributed by atoms with van der Waals surface area (Å²) in [4.78, 5) is 26.7. The van der Waals surface area contributed by atoms with E-state index in [1.54, 1.807) is 24.3 Å². The number of nitrogen functional groups attached to an aromatic ring is 1. The number of imide groups is 1. The molecule has 0 bridgehead atoms. The van der Waals surface area contributed by atoms with Crippen LogP contribution in [0.2, 0.25) is 0 Å².